The summed E-state index contributed by atoms with van der Waals surface area (Å²) < 4.78 is 5.40. The van der Waals surface area contributed by atoms with Crippen LogP contribution in [0, 0.1) is 5.92 Å². The van der Waals surface area contributed by atoms with Crippen molar-refractivity contribution in [3.63, 3.8) is 0 Å². The number of rotatable bonds is 4. The Labute approximate surface area is 164 Å². The number of nitrogens with one attached hydrogen (secondary N) is 2. The molecule has 6 nitrogen and oxygen atoms in total. The number of ether oxygens (including phenoxy) is 1. The monoisotopic (exact) mass is 377 g/mol. The first-order chi connectivity index (χ1) is 13.6. The number of anilines is 1. The van der Waals surface area contributed by atoms with Gasteiger partial charge in [0.25, 0.3) is 0 Å². The molecule has 0 saturated carbocycles. The third kappa shape index (κ3) is 3.64. The van der Waals surface area contributed by atoms with Gasteiger partial charge < -0.3 is 20.3 Å². The number of morpholine rings is 1. The Hall–Kier alpha value is -3.12. The van der Waals surface area contributed by atoms with Crippen molar-refractivity contribution in [1.82, 2.24) is 10.6 Å². The van der Waals surface area contributed by atoms with Crippen LogP contribution in [0.15, 0.2) is 66.9 Å². The molecule has 2 fully saturated rings. The van der Waals surface area contributed by atoms with Crippen molar-refractivity contribution in [3.05, 3.63) is 78.0 Å². The lowest BCUT2D eigenvalue weighted by Crippen LogP contribution is -2.50. The van der Waals surface area contributed by atoms with Crippen LogP contribution in [-0.2, 0) is 4.74 Å². The normalized spacial score (nSPS) is 22.4. The fourth-order valence-electron chi connectivity index (χ4n) is 3.77. The highest BCUT2D eigenvalue weighted by molar-refractivity contribution is 6.01. The summed E-state index contributed by atoms with van der Waals surface area (Å²) in [5.41, 5.74) is 3.00. The molecule has 6 heteroatoms. The van der Waals surface area contributed by atoms with E-state index in [0.717, 1.165) is 37.6 Å². The first-order valence-corrected chi connectivity index (χ1v) is 9.42. The number of carbonyl (C=O) groups is 2. The van der Waals surface area contributed by atoms with Gasteiger partial charge in [0.15, 0.2) is 5.78 Å². The highest BCUT2D eigenvalue weighted by Gasteiger charge is 2.38. The fourth-order valence-corrected chi connectivity index (χ4v) is 3.77. The van der Waals surface area contributed by atoms with Crippen molar-refractivity contribution < 1.29 is 14.3 Å². The standard InChI is InChI=1S/C22H23N3O3/c1-15-19(21(26)17-5-3-2-4-6-17)20(24-22(27)23-15)16-7-9-18(10-8-16)25-11-13-28-14-12-25/h2-10,19-20H,1,11-14H2,(H2,23,24,27)/t19-,20-/m1/s1. The first kappa shape index (κ1) is 18.3. The van der Waals surface area contributed by atoms with E-state index in [4.69, 9.17) is 4.74 Å². The molecule has 2 aromatic carbocycles. The van der Waals surface area contributed by atoms with Gasteiger partial charge in [0.05, 0.1) is 25.2 Å². The highest BCUT2D eigenvalue weighted by atomic mass is 16.5. The molecule has 0 aliphatic carbocycles. The van der Waals surface area contributed by atoms with Gasteiger partial charge in [-0.05, 0) is 17.7 Å². The maximum atomic E-state index is 13.1. The number of benzene rings is 2. The summed E-state index contributed by atoms with van der Waals surface area (Å²) in [4.78, 5) is 27.5. The van der Waals surface area contributed by atoms with E-state index in [1.807, 2.05) is 42.5 Å². The Kier molecular flexibility index (Phi) is 5.12. The predicted octanol–water partition coefficient (Wildman–Crippen LogP) is 2.89. The lowest BCUT2D eigenvalue weighted by atomic mass is 9.83. The molecule has 2 aromatic rings. The van der Waals surface area contributed by atoms with Crippen molar-refractivity contribution in [2.24, 2.45) is 5.92 Å². The van der Waals surface area contributed by atoms with Gasteiger partial charge in [-0.15, -0.1) is 0 Å². The van der Waals surface area contributed by atoms with Gasteiger partial charge >= 0.3 is 6.03 Å². The van der Waals surface area contributed by atoms with E-state index in [1.165, 1.54) is 0 Å². The summed E-state index contributed by atoms with van der Waals surface area (Å²) >= 11 is 0. The smallest absolute Gasteiger partial charge is 0.319 e. The molecule has 144 valence electrons. The van der Waals surface area contributed by atoms with Gasteiger partial charge in [0, 0.05) is 30.0 Å². The van der Waals surface area contributed by atoms with Crippen LogP contribution >= 0.6 is 0 Å². The van der Waals surface area contributed by atoms with Crippen molar-refractivity contribution in [1.29, 1.82) is 0 Å². The van der Waals surface area contributed by atoms with Crippen molar-refractivity contribution >= 4 is 17.5 Å². The third-order valence-electron chi connectivity index (χ3n) is 5.24. The molecular weight excluding hydrogens is 354 g/mol. The number of Topliss-reactive ketones (excluding diaryl/α,β-unsaturated/α-hetero) is 1. The second kappa shape index (κ2) is 7.86. The molecule has 0 radical (unpaired) electrons. The first-order valence-electron chi connectivity index (χ1n) is 9.42. The van der Waals surface area contributed by atoms with Gasteiger partial charge in [-0.25, -0.2) is 4.79 Å². The van der Waals surface area contributed by atoms with Crippen molar-refractivity contribution in [3.8, 4) is 0 Å². The van der Waals surface area contributed by atoms with Crippen LogP contribution in [0.5, 0.6) is 0 Å². The van der Waals surface area contributed by atoms with Crippen molar-refractivity contribution in [2.75, 3.05) is 31.2 Å². The maximum Gasteiger partial charge on any atom is 0.319 e. The topological polar surface area (TPSA) is 70.7 Å². The number of urea groups is 1. The molecule has 2 saturated heterocycles. The minimum absolute atomic E-state index is 0.0691. The van der Waals surface area contributed by atoms with E-state index >= 15 is 0 Å². The predicted molar refractivity (Wildman–Crippen MR) is 107 cm³/mol. The van der Waals surface area contributed by atoms with Crippen LogP contribution in [0.3, 0.4) is 0 Å². The molecule has 2 heterocycles. The summed E-state index contributed by atoms with van der Waals surface area (Å²) in [6.45, 7) is 7.10. The number of hydrogen-bond donors (Lipinski definition) is 2. The Balaban J connectivity index is 1.62. The maximum absolute atomic E-state index is 13.1. The summed E-state index contributed by atoms with van der Waals surface area (Å²) in [5.74, 6) is -0.644. The largest absolute Gasteiger partial charge is 0.378 e. The lowest BCUT2D eigenvalue weighted by molar-refractivity contribution is 0.0905. The zero-order valence-corrected chi connectivity index (χ0v) is 15.6. The molecule has 0 bridgehead atoms. The van der Waals surface area contributed by atoms with Gasteiger partial charge in [0.2, 0.25) is 0 Å². The Bertz CT molecular complexity index is 874. The minimum Gasteiger partial charge on any atom is -0.378 e. The SMILES string of the molecule is C=C1NC(=O)N[C@H](c2ccc(N3CCOCC3)cc2)[C@@H]1C(=O)c1ccccc1. The molecule has 2 N–H and O–H groups in total. The van der Waals surface area contributed by atoms with Crippen LogP contribution in [-0.4, -0.2) is 38.1 Å². The zero-order chi connectivity index (χ0) is 19.5. The van der Waals surface area contributed by atoms with Gasteiger partial charge in [-0.3, -0.25) is 4.79 Å². The number of carbonyl (C=O) groups excluding carboxylic acids is 2. The molecule has 0 unspecified atom stereocenters. The number of nitrogens with zero attached hydrogens (tertiary/aromatic N) is 1. The summed E-state index contributed by atoms with van der Waals surface area (Å²) in [7, 11) is 0. The molecule has 2 aliphatic rings. The molecule has 2 amide bonds. The van der Waals surface area contributed by atoms with E-state index in [9.17, 15) is 9.59 Å². The minimum atomic E-state index is -0.575. The average Bonchev–Trinajstić information content (AvgIpc) is 2.74. The molecular formula is C22H23N3O3. The highest BCUT2D eigenvalue weighted by Crippen LogP contribution is 2.33. The van der Waals surface area contributed by atoms with Crippen LogP contribution in [0.1, 0.15) is 22.0 Å². The third-order valence-corrected chi connectivity index (χ3v) is 5.24. The van der Waals surface area contributed by atoms with Crippen LogP contribution in [0.4, 0.5) is 10.5 Å². The van der Waals surface area contributed by atoms with E-state index in [1.54, 1.807) is 12.1 Å². The molecule has 28 heavy (non-hydrogen) atoms. The van der Waals surface area contributed by atoms with E-state index < -0.39 is 12.0 Å². The second-order valence-electron chi connectivity index (χ2n) is 7.00. The Morgan fingerprint density at radius 2 is 1.71 bits per heavy atom. The molecule has 2 aliphatic heterocycles. The van der Waals surface area contributed by atoms with Crippen molar-refractivity contribution in [2.45, 2.75) is 6.04 Å². The van der Waals surface area contributed by atoms with E-state index in [2.05, 4.69) is 22.1 Å². The second-order valence-corrected chi connectivity index (χ2v) is 7.00. The number of ketones is 1. The lowest BCUT2D eigenvalue weighted by Gasteiger charge is -2.34. The van der Waals surface area contributed by atoms with Crippen LogP contribution < -0.4 is 15.5 Å². The molecule has 0 aromatic heterocycles. The Morgan fingerprint density at radius 1 is 1.04 bits per heavy atom. The van der Waals surface area contributed by atoms with Crippen LogP contribution in [0.25, 0.3) is 0 Å². The summed E-state index contributed by atoms with van der Waals surface area (Å²) in [6, 6.07) is 16.3. The molecule has 0 spiro atoms. The quantitative estimate of drug-likeness (QED) is 0.804. The van der Waals surface area contributed by atoms with E-state index in [-0.39, 0.29) is 11.8 Å². The van der Waals surface area contributed by atoms with E-state index in [0.29, 0.717) is 11.3 Å². The van der Waals surface area contributed by atoms with Gasteiger partial charge in [-0.1, -0.05) is 49.0 Å². The van der Waals surface area contributed by atoms with Crippen LogP contribution in [0.2, 0.25) is 0 Å². The van der Waals surface area contributed by atoms with Gasteiger partial charge in [0.1, 0.15) is 0 Å². The number of hydrogen-bond acceptors (Lipinski definition) is 4. The molecule has 4 rings (SSSR count). The zero-order valence-electron chi connectivity index (χ0n) is 15.6. The Morgan fingerprint density at radius 3 is 2.39 bits per heavy atom. The molecule has 2 atom stereocenters. The summed E-state index contributed by atoms with van der Waals surface area (Å²) in [5, 5.41) is 5.55. The summed E-state index contributed by atoms with van der Waals surface area (Å²) in [6.07, 6.45) is 0. The van der Waals surface area contributed by atoms with Gasteiger partial charge in [-0.2, -0.15) is 0 Å². The number of amides is 2. The average molecular weight is 377 g/mol. The fraction of sp³-hybridized carbons (Fsp3) is 0.273.